The fourth-order valence-corrected chi connectivity index (χ4v) is 3.92. The third-order valence-electron chi connectivity index (χ3n) is 5.62. The maximum atomic E-state index is 12.6. The molecule has 2 aromatic carbocycles. The lowest BCUT2D eigenvalue weighted by Crippen LogP contribution is -2.34. The van der Waals surface area contributed by atoms with Crippen LogP contribution in [0.4, 0.5) is 5.69 Å². The average Bonchev–Trinajstić information content (AvgIpc) is 3.01. The van der Waals surface area contributed by atoms with Gasteiger partial charge in [-0.2, -0.15) is 0 Å². The van der Waals surface area contributed by atoms with Crippen LogP contribution in [0.25, 0.3) is 6.08 Å². The fraction of sp³-hybridized carbons (Fsp3) is 0.333. The first-order valence-electron chi connectivity index (χ1n) is 10.3. The Morgan fingerprint density at radius 2 is 1.72 bits per heavy atom. The number of amides is 2. The van der Waals surface area contributed by atoms with Crippen LogP contribution in [0.15, 0.2) is 54.3 Å². The Kier molecular flexibility index (Phi) is 5.65. The molecule has 2 aromatic rings. The van der Waals surface area contributed by atoms with Crippen molar-refractivity contribution in [2.24, 2.45) is 0 Å². The lowest BCUT2D eigenvalue weighted by molar-refractivity contribution is -0.117. The molecule has 0 atom stereocenters. The molecule has 0 spiro atoms. The molecule has 4 rings (SSSR count). The van der Waals surface area contributed by atoms with Crippen LogP contribution in [-0.4, -0.2) is 24.9 Å². The summed E-state index contributed by atoms with van der Waals surface area (Å²) in [7, 11) is 1.73. The predicted octanol–water partition coefficient (Wildman–Crippen LogP) is 4.54. The molecular formula is C24H26N2O3. The normalized spacial score (nSPS) is 18.7. The SMILES string of the molecule is CN1C(=O)/C(=C/c2ccc(C(=O)NC3CCCCCC3)cc2)Oc2ccccc21. The minimum atomic E-state index is -0.195. The van der Waals surface area contributed by atoms with E-state index in [1.165, 1.54) is 25.7 Å². The Morgan fingerprint density at radius 3 is 2.45 bits per heavy atom. The van der Waals surface area contributed by atoms with Crippen LogP contribution in [0, 0.1) is 0 Å². The highest BCUT2D eigenvalue weighted by Crippen LogP contribution is 2.34. The molecule has 5 nitrogen and oxygen atoms in total. The number of ether oxygens (including phenoxy) is 1. The maximum absolute atomic E-state index is 12.6. The van der Waals surface area contributed by atoms with Gasteiger partial charge in [0.05, 0.1) is 5.69 Å². The number of para-hydroxylation sites is 2. The number of nitrogens with zero attached hydrogens (tertiary/aromatic N) is 1. The number of hydrogen-bond acceptors (Lipinski definition) is 3. The van der Waals surface area contributed by atoms with Crippen molar-refractivity contribution in [2.45, 2.75) is 44.6 Å². The van der Waals surface area contributed by atoms with E-state index in [-0.39, 0.29) is 23.6 Å². The van der Waals surface area contributed by atoms with Gasteiger partial charge in [-0.05, 0) is 48.7 Å². The lowest BCUT2D eigenvalue weighted by Gasteiger charge is -2.27. The number of hydrogen-bond donors (Lipinski definition) is 1. The van der Waals surface area contributed by atoms with Gasteiger partial charge in [0, 0.05) is 18.7 Å². The van der Waals surface area contributed by atoms with Crippen molar-refractivity contribution in [1.82, 2.24) is 5.32 Å². The van der Waals surface area contributed by atoms with Gasteiger partial charge in [-0.25, -0.2) is 0 Å². The molecule has 2 aliphatic rings. The van der Waals surface area contributed by atoms with E-state index in [1.807, 2.05) is 36.4 Å². The first-order valence-corrected chi connectivity index (χ1v) is 10.3. The molecule has 1 saturated carbocycles. The van der Waals surface area contributed by atoms with Crippen LogP contribution in [0.3, 0.4) is 0 Å². The highest BCUT2D eigenvalue weighted by atomic mass is 16.5. The van der Waals surface area contributed by atoms with E-state index in [9.17, 15) is 9.59 Å². The number of carbonyl (C=O) groups excluding carboxylic acids is 2. The summed E-state index contributed by atoms with van der Waals surface area (Å²) in [4.78, 5) is 26.7. The zero-order valence-corrected chi connectivity index (χ0v) is 16.7. The predicted molar refractivity (Wildman–Crippen MR) is 114 cm³/mol. The third kappa shape index (κ3) is 4.34. The summed E-state index contributed by atoms with van der Waals surface area (Å²) < 4.78 is 5.80. The number of anilines is 1. The van der Waals surface area contributed by atoms with Gasteiger partial charge in [-0.1, -0.05) is 49.9 Å². The molecule has 0 radical (unpaired) electrons. The first kappa shape index (κ1) is 19.2. The van der Waals surface area contributed by atoms with E-state index in [1.54, 1.807) is 30.2 Å². The topological polar surface area (TPSA) is 58.6 Å². The molecule has 2 amide bonds. The summed E-state index contributed by atoms with van der Waals surface area (Å²) in [6.07, 6.45) is 8.72. The van der Waals surface area contributed by atoms with E-state index >= 15 is 0 Å². The molecule has 0 saturated heterocycles. The number of fused-ring (bicyclic) bond motifs is 1. The van der Waals surface area contributed by atoms with Gasteiger partial charge in [-0.3, -0.25) is 9.59 Å². The highest BCUT2D eigenvalue weighted by Gasteiger charge is 2.27. The molecule has 0 aromatic heterocycles. The molecule has 1 aliphatic heterocycles. The molecule has 1 fully saturated rings. The quantitative estimate of drug-likeness (QED) is 0.618. The second-order valence-corrected chi connectivity index (χ2v) is 7.73. The Labute approximate surface area is 171 Å². The van der Waals surface area contributed by atoms with Gasteiger partial charge < -0.3 is 15.0 Å². The van der Waals surface area contributed by atoms with Crippen molar-refractivity contribution in [3.05, 3.63) is 65.4 Å². The van der Waals surface area contributed by atoms with Crippen LogP contribution in [0.5, 0.6) is 5.75 Å². The van der Waals surface area contributed by atoms with Gasteiger partial charge >= 0.3 is 0 Å². The molecule has 150 valence electrons. The van der Waals surface area contributed by atoms with Crippen molar-refractivity contribution < 1.29 is 14.3 Å². The fourth-order valence-electron chi connectivity index (χ4n) is 3.92. The van der Waals surface area contributed by atoms with Crippen molar-refractivity contribution in [3.63, 3.8) is 0 Å². The van der Waals surface area contributed by atoms with Gasteiger partial charge in [0.2, 0.25) is 0 Å². The Hall–Kier alpha value is -3.08. The summed E-state index contributed by atoms with van der Waals surface area (Å²) >= 11 is 0. The molecule has 1 N–H and O–H groups in total. The van der Waals surface area contributed by atoms with Crippen molar-refractivity contribution in [3.8, 4) is 5.75 Å². The zero-order chi connectivity index (χ0) is 20.2. The summed E-state index contributed by atoms with van der Waals surface area (Å²) in [5.41, 5.74) is 2.20. The monoisotopic (exact) mass is 390 g/mol. The Balaban J connectivity index is 1.46. The second-order valence-electron chi connectivity index (χ2n) is 7.73. The molecule has 29 heavy (non-hydrogen) atoms. The Morgan fingerprint density at radius 1 is 1.03 bits per heavy atom. The molecule has 0 unspecified atom stereocenters. The highest BCUT2D eigenvalue weighted by molar-refractivity contribution is 6.09. The molecule has 1 aliphatic carbocycles. The van der Waals surface area contributed by atoms with Crippen molar-refractivity contribution in [2.75, 3.05) is 11.9 Å². The minimum Gasteiger partial charge on any atom is -0.449 e. The number of likely N-dealkylation sites (N-methyl/N-ethyl adjacent to an activating group) is 1. The van der Waals surface area contributed by atoms with E-state index in [2.05, 4.69) is 5.32 Å². The van der Waals surface area contributed by atoms with Crippen LogP contribution < -0.4 is 15.0 Å². The van der Waals surface area contributed by atoms with E-state index in [0.717, 1.165) is 24.1 Å². The smallest absolute Gasteiger partial charge is 0.293 e. The van der Waals surface area contributed by atoms with Crippen LogP contribution in [0.2, 0.25) is 0 Å². The van der Waals surface area contributed by atoms with Gasteiger partial charge in [0.1, 0.15) is 0 Å². The van der Waals surface area contributed by atoms with Crippen molar-refractivity contribution >= 4 is 23.6 Å². The third-order valence-corrected chi connectivity index (χ3v) is 5.62. The Bertz CT molecular complexity index is 925. The largest absolute Gasteiger partial charge is 0.449 e. The molecule has 5 heteroatoms. The minimum absolute atomic E-state index is 0.0326. The van der Waals surface area contributed by atoms with E-state index in [0.29, 0.717) is 11.3 Å². The van der Waals surface area contributed by atoms with Crippen LogP contribution in [-0.2, 0) is 4.79 Å². The number of nitrogens with one attached hydrogen (secondary N) is 1. The molecular weight excluding hydrogens is 364 g/mol. The average molecular weight is 390 g/mol. The maximum Gasteiger partial charge on any atom is 0.293 e. The van der Waals surface area contributed by atoms with Gasteiger partial charge in [0.15, 0.2) is 11.5 Å². The first-order chi connectivity index (χ1) is 14.1. The van der Waals surface area contributed by atoms with Crippen molar-refractivity contribution in [1.29, 1.82) is 0 Å². The summed E-state index contributed by atoms with van der Waals surface area (Å²) in [5, 5.41) is 3.16. The zero-order valence-electron chi connectivity index (χ0n) is 16.7. The molecule has 1 heterocycles. The van der Waals surface area contributed by atoms with Crippen LogP contribution >= 0.6 is 0 Å². The summed E-state index contributed by atoms with van der Waals surface area (Å²) in [6, 6.07) is 15.0. The second kappa shape index (κ2) is 8.52. The van der Waals surface area contributed by atoms with Gasteiger partial charge in [-0.15, -0.1) is 0 Å². The summed E-state index contributed by atoms with van der Waals surface area (Å²) in [6.45, 7) is 0. The van der Waals surface area contributed by atoms with E-state index < -0.39 is 0 Å². The molecule has 0 bridgehead atoms. The summed E-state index contributed by atoms with van der Waals surface area (Å²) in [5.74, 6) is 0.691. The van der Waals surface area contributed by atoms with E-state index in [4.69, 9.17) is 4.74 Å². The standard InChI is InChI=1S/C24H26N2O3/c1-26-20-10-6-7-11-21(20)29-22(24(26)28)16-17-12-14-18(15-13-17)23(27)25-19-8-4-2-3-5-9-19/h6-7,10-16,19H,2-5,8-9H2,1H3,(H,25,27)/b22-16-. The number of benzene rings is 2. The number of carbonyl (C=O) groups is 2. The van der Waals surface area contributed by atoms with Crippen LogP contribution in [0.1, 0.15) is 54.4 Å². The lowest BCUT2D eigenvalue weighted by atomic mass is 10.1. The van der Waals surface area contributed by atoms with Gasteiger partial charge in [0.25, 0.3) is 11.8 Å². The number of rotatable bonds is 3.